The van der Waals surface area contributed by atoms with Crippen LogP contribution in [0.3, 0.4) is 0 Å². The maximum atomic E-state index is 13.3. The monoisotopic (exact) mass is 363 g/mol. The number of carbonyl (C=O) groups excluding carboxylic acids is 2. The normalized spacial score (nSPS) is 17.1. The minimum atomic E-state index is -0.0767. The van der Waals surface area contributed by atoms with Gasteiger partial charge in [0.2, 0.25) is 5.91 Å². The quantitative estimate of drug-likeness (QED) is 0.784. The van der Waals surface area contributed by atoms with Crippen LogP contribution in [0, 0.1) is 5.92 Å². The molecule has 0 aliphatic carbocycles. The third-order valence-electron chi connectivity index (χ3n) is 5.02. The van der Waals surface area contributed by atoms with Gasteiger partial charge in [-0.25, -0.2) is 0 Å². The van der Waals surface area contributed by atoms with E-state index >= 15 is 0 Å². The molecule has 0 radical (unpaired) electrons. The predicted molar refractivity (Wildman–Crippen MR) is 106 cm³/mol. The van der Waals surface area contributed by atoms with Crippen LogP contribution in [-0.2, 0) is 4.79 Å². The van der Waals surface area contributed by atoms with E-state index in [1.807, 2.05) is 46.2 Å². The van der Waals surface area contributed by atoms with Gasteiger partial charge in [0.1, 0.15) is 0 Å². The molecule has 0 N–H and O–H groups in total. The van der Waals surface area contributed by atoms with E-state index in [0.717, 1.165) is 5.56 Å². The zero-order chi connectivity index (χ0) is 19.4. The van der Waals surface area contributed by atoms with Gasteiger partial charge in [0.05, 0.1) is 17.3 Å². The summed E-state index contributed by atoms with van der Waals surface area (Å²) in [5, 5.41) is 0. The summed E-state index contributed by atoms with van der Waals surface area (Å²) in [6, 6.07) is 13.3. The first-order valence-corrected chi connectivity index (χ1v) is 9.25. The van der Waals surface area contributed by atoms with Gasteiger partial charge in [-0.05, 0) is 24.1 Å². The fourth-order valence-corrected chi connectivity index (χ4v) is 3.53. The van der Waals surface area contributed by atoms with E-state index in [1.165, 1.54) is 6.08 Å². The largest absolute Gasteiger partial charge is 0.335 e. The van der Waals surface area contributed by atoms with Crippen molar-refractivity contribution in [1.29, 1.82) is 0 Å². The topological polar surface area (TPSA) is 53.5 Å². The molecule has 1 fully saturated rings. The first kappa shape index (κ1) is 18.8. The number of pyridine rings is 1. The number of benzene rings is 1. The second-order valence-corrected chi connectivity index (χ2v) is 7.06. The Bertz CT molecular complexity index is 832. The third kappa shape index (κ3) is 3.92. The van der Waals surface area contributed by atoms with E-state index in [2.05, 4.69) is 25.4 Å². The van der Waals surface area contributed by atoms with Crippen LogP contribution in [-0.4, -0.2) is 52.3 Å². The highest BCUT2D eigenvalue weighted by Gasteiger charge is 2.34. The smallest absolute Gasteiger partial charge is 0.256 e. The van der Waals surface area contributed by atoms with Crippen molar-refractivity contribution in [1.82, 2.24) is 14.8 Å². The number of carbonyl (C=O) groups is 2. The molecule has 5 heteroatoms. The molecule has 1 aliphatic rings. The molecule has 1 aromatic carbocycles. The number of rotatable bonds is 4. The lowest BCUT2D eigenvalue weighted by Crippen LogP contribution is -2.58. The summed E-state index contributed by atoms with van der Waals surface area (Å²) < 4.78 is 0. The summed E-state index contributed by atoms with van der Waals surface area (Å²) in [5.74, 6) is 0.123. The van der Waals surface area contributed by atoms with Crippen LogP contribution in [0.4, 0.5) is 0 Å². The molecule has 3 rings (SSSR count). The fourth-order valence-electron chi connectivity index (χ4n) is 3.53. The van der Waals surface area contributed by atoms with Crippen molar-refractivity contribution in [3.63, 3.8) is 0 Å². The summed E-state index contributed by atoms with van der Waals surface area (Å²) in [6.45, 7) is 9.27. The molecule has 1 saturated heterocycles. The number of hydrogen-bond acceptors (Lipinski definition) is 3. The van der Waals surface area contributed by atoms with Crippen molar-refractivity contribution >= 4 is 11.8 Å². The lowest BCUT2D eigenvalue weighted by molar-refractivity contribution is -0.131. The van der Waals surface area contributed by atoms with Gasteiger partial charge in [-0.1, -0.05) is 50.8 Å². The van der Waals surface area contributed by atoms with E-state index in [9.17, 15) is 9.59 Å². The molecule has 2 amide bonds. The molecule has 2 aromatic rings. The highest BCUT2D eigenvalue weighted by atomic mass is 16.2. The van der Waals surface area contributed by atoms with Gasteiger partial charge in [-0.2, -0.15) is 0 Å². The van der Waals surface area contributed by atoms with Gasteiger partial charge in [0.25, 0.3) is 5.91 Å². The molecule has 0 unspecified atom stereocenters. The van der Waals surface area contributed by atoms with Gasteiger partial charge in [-0.3, -0.25) is 14.6 Å². The minimum Gasteiger partial charge on any atom is -0.335 e. The molecule has 0 saturated carbocycles. The zero-order valence-corrected chi connectivity index (χ0v) is 15.8. The van der Waals surface area contributed by atoms with Crippen LogP contribution in [0.25, 0.3) is 11.3 Å². The first-order valence-electron chi connectivity index (χ1n) is 9.25. The lowest BCUT2D eigenvalue weighted by Gasteiger charge is -2.43. The molecular formula is C22H25N3O2. The highest BCUT2D eigenvalue weighted by molar-refractivity contribution is 6.00. The number of aromatic nitrogens is 1. The summed E-state index contributed by atoms with van der Waals surface area (Å²) in [5.41, 5.74) is 2.20. The van der Waals surface area contributed by atoms with Crippen LogP contribution in [0.5, 0.6) is 0 Å². The average molecular weight is 363 g/mol. The van der Waals surface area contributed by atoms with Gasteiger partial charge in [0, 0.05) is 31.4 Å². The van der Waals surface area contributed by atoms with Gasteiger partial charge < -0.3 is 9.80 Å². The van der Waals surface area contributed by atoms with Crippen LogP contribution >= 0.6 is 0 Å². The lowest BCUT2D eigenvalue weighted by atomic mass is 9.98. The fraction of sp³-hybridized carbons (Fsp3) is 0.318. The van der Waals surface area contributed by atoms with Crippen molar-refractivity contribution in [3.8, 4) is 11.3 Å². The van der Waals surface area contributed by atoms with Crippen LogP contribution in [0.2, 0.25) is 0 Å². The molecule has 5 nitrogen and oxygen atoms in total. The maximum Gasteiger partial charge on any atom is 0.256 e. The Kier molecular flexibility index (Phi) is 5.69. The summed E-state index contributed by atoms with van der Waals surface area (Å²) in [7, 11) is 0. The molecule has 140 valence electrons. The van der Waals surface area contributed by atoms with E-state index in [-0.39, 0.29) is 23.8 Å². The van der Waals surface area contributed by atoms with Crippen molar-refractivity contribution in [3.05, 3.63) is 66.9 Å². The van der Waals surface area contributed by atoms with Gasteiger partial charge in [-0.15, -0.1) is 0 Å². The second-order valence-electron chi connectivity index (χ2n) is 7.06. The van der Waals surface area contributed by atoms with E-state index < -0.39 is 0 Å². The van der Waals surface area contributed by atoms with Crippen LogP contribution in [0.1, 0.15) is 24.2 Å². The summed E-state index contributed by atoms with van der Waals surface area (Å²) in [4.78, 5) is 33.5. The number of amides is 2. The predicted octanol–water partition coefficient (Wildman–Crippen LogP) is 3.24. The molecule has 1 aromatic heterocycles. The van der Waals surface area contributed by atoms with Crippen LogP contribution < -0.4 is 0 Å². The number of nitrogens with zero attached hydrogens (tertiary/aromatic N) is 3. The third-order valence-corrected chi connectivity index (χ3v) is 5.02. The Morgan fingerprint density at radius 2 is 1.89 bits per heavy atom. The Labute approximate surface area is 160 Å². The molecule has 0 bridgehead atoms. The Morgan fingerprint density at radius 3 is 2.56 bits per heavy atom. The maximum absolute atomic E-state index is 13.3. The van der Waals surface area contributed by atoms with Crippen LogP contribution in [0.15, 0.2) is 61.3 Å². The van der Waals surface area contributed by atoms with Gasteiger partial charge >= 0.3 is 0 Å². The Morgan fingerprint density at radius 1 is 1.15 bits per heavy atom. The number of hydrogen-bond donors (Lipinski definition) is 0. The molecule has 1 atom stereocenters. The summed E-state index contributed by atoms with van der Waals surface area (Å²) in [6.07, 6.45) is 3.05. The zero-order valence-electron chi connectivity index (χ0n) is 15.8. The first-order chi connectivity index (χ1) is 13.0. The van der Waals surface area contributed by atoms with Crippen molar-refractivity contribution in [2.24, 2.45) is 5.92 Å². The standard InChI is InChI=1S/C22H25N3O2/c1-4-20(26)25-14-13-24(15-19(25)16(2)3)22(27)18-11-8-12-23-21(18)17-9-6-5-7-10-17/h4-12,16,19H,1,13-15H2,2-3H3/t19-/m1/s1. The molecule has 1 aliphatic heterocycles. The van der Waals surface area contributed by atoms with E-state index in [4.69, 9.17) is 0 Å². The second kappa shape index (κ2) is 8.16. The molecular weight excluding hydrogens is 338 g/mol. The highest BCUT2D eigenvalue weighted by Crippen LogP contribution is 2.24. The Balaban J connectivity index is 1.87. The molecule has 27 heavy (non-hydrogen) atoms. The molecule has 2 heterocycles. The number of piperazine rings is 1. The van der Waals surface area contributed by atoms with Crippen molar-refractivity contribution in [2.75, 3.05) is 19.6 Å². The minimum absolute atomic E-state index is 0.0231. The van der Waals surface area contributed by atoms with Gasteiger partial charge in [0.15, 0.2) is 0 Å². The van der Waals surface area contributed by atoms with Crippen molar-refractivity contribution < 1.29 is 9.59 Å². The average Bonchev–Trinajstić information content (AvgIpc) is 2.72. The molecule has 0 spiro atoms. The summed E-state index contributed by atoms with van der Waals surface area (Å²) >= 11 is 0. The van der Waals surface area contributed by atoms with E-state index in [0.29, 0.717) is 30.9 Å². The van der Waals surface area contributed by atoms with E-state index in [1.54, 1.807) is 12.3 Å². The Hall–Kier alpha value is -2.95. The SMILES string of the molecule is C=CC(=O)N1CCN(C(=O)c2cccnc2-c2ccccc2)C[C@@H]1C(C)C. The van der Waals surface area contributed by atoms with Crippen molar-refractivity contribution in [2.45, 2.75) is 19.9 Å².